The first-order chi connectivity index (χ1) is 20.2. The van der Waals surface area contributed by atoms with E-state index in [1.54, 1.807) is 18.1 Å². The molecule has 8 nitrogen and oxygen atoms in total. The molecule has 0 radical (unpaired) electrons. The summed E-state index contributed by atoms with van der Waals surface area (Å²) < 4.78 is 51.2. The van der Waals surface area contributed by atoms with Crippen LogP contribution in [0.5, 0.6) is 5.75 Å². The number of nitrogens with one attached hydrogen (secondary N) is 2. The number of urea groups is 1. The van der Waals surface area contributed by atoms with Crippen LogP contribution in [0.15, 0.2) is 79.0 Å². The highest BCUT2D eigenvalue weighted by Gasteiger charge is 2.34. The molecule has 2 N–H and O–H groups in total. The maximum Gasteiger partial charge on any atom is 0.418 e. The van der Waals surface area contributed by atoms with Crippen molar-refractivity contribution >= 4 is 28.5 Å². The van der Waals surface area contributed by atoms with Crippen LogP contribution in [0.3, 0.4) is 0 Å². The van der Waals surface area contributed by atoms with E-state index in [1.165, 1.54) is 25.3 Å². The third kappa shape index (κ3) is 7.61. The summed E-state index contributed by atoms with van der Waals surface area (Å²) in [5.74, 6) is 0.233. The quantitative estimate of drug-likeness (QED) is 0.216. The van der Waals surface area contributed by atoms with Crippen molar-refractivity contribution in [1.29, 1.82) is 0 Å². The topological polar surface area (TPSA) is 86.9 Å². The van der Waals surface area contributed by atoms with E-state index in [0.29, 0.717) is 18.7 Å². The number of aromatic nitrogens is 1. The molecule has 11 heteroatoms. The number of para-hydroxylation sites is 3. The third-order valence-corrected chi connectivity index (χ3v) is 6.89. The maximum atomic E-state index is 13.8. The van der Waals surface area contributed by atoms with Gasteiger partial charge in [-0.15, -0.1) is 0 Å². The molecule has 0 aliphatic heterocycles. The number of halogens is 3. The molecule has 4 aromatic rings. The van der Waals surface area contributed by atoms with Crippen molar-refractivity contribution in [2.24, 2.45) is 0 Å². The van der Waals surface area contributed by atoms with Crippen molar-refractivity contribution < 1.29 is 32.2 Å². The molecular weight excluding hydrogens is 549 g/mol. The second-order valence-corrected chi connectivity index (χ2v) is 9.62. The molecule has 0 fully saturated rings. The lowest BCUT2D eigenvalue weighted by Crippen LogP contribution is -2.46. The van der Waals surface area contributed by atoms with Crippen LogP contribution in [-0.4, -0.2) is 67.2 Å². The highest BCUT2D eigenvalue weighted by atomic mass is 19.4. The number of alkyl halides is 3. The van der Waals surface area contributed by atoms with Gasteiger partial charge >= 0.3 is 12.2 Å². The number of methoxy groups -OCH3 is 2. The second kappa shape index (κ2) is 13.9. The molecule has 0 saturated heterocycles. The fourth-order valence-electron chi connectivity index (χ4n) is 4.68. The Bertz CT molecular complexity index is 1500. The monoisotopic (exact) mass is 582 g/mol. The minimum absolute atomic E-state index is 0.00674. The molecule has 4 rings (SSSR count). The summed E-state index contributed by atoms with van der Waals surface area (Å²) in [5, 5.41) is 3.38. The molecule has 0 atom stereocenters. The van der Waals surface area contributed by atoms with Gasteiger partial charge in [0.25, 0.3) is 0 Å². The Morgan fingerprint density at radius 1 is 0.881 bits per heavy atom. The normalized spacial score (nSPS) is 11.4. The van der Waals surface area contributed by atoms with E-state index in [9.17, 15) is 22.8 Å². The fraction of sp³-hybridized carbons (Fsp3) is 0.290. The lowest BCUT2D eigenvalue weighted by atomic mass is 10.1. The van der Waals surface area contributed by atoms with Crippen molar-refractivity contribution in [2.75, 3.05) is 45.8 Å². The molecule has 3 amide bonds. The number of aromatic amines is 1. The van der Waals surface area contributed by atoms with Gasteiger partial charge in [0.1, 0.15) is 12.3 Å². The minimum atomic E-state index is -4.66. The minimum Gasteiger partial charge on any atom is -0.496 e. The molecule has 0 bridgehead atoms. The largest absolute Gasteiger partial charge is 0.496 e. The van der Waals surface area contributed by atoms with Crippen molar-refractivity contribution in [3.8, 4) is 5.75 Å². The Morgan fingerprint density at radius 3 is 2.36 bits per heavy atom. The van der Waals surface area contributed by atoms with E-state index in [-0.39, 0.29) is 32.1 Å². The molecule has 42 heavy (non-hydrogen) atoms. The first-order valence-electron chi connectivity index (χ1n) is 13.4. The molecule has 0 aliphatic rings. The van der Waals surface area contributed by atoms with Gasteiger partial charge in [0.15, 0.2) is 0 Å². The number of H-pyrrole nitrogens is 1. The smallest absolute Gasteiger partial charge is 0.418 e. The summed E-state index contributed by atoms with van der Waals surface area (Å²) in [6.07, 6.45) is -2.22. The Labute approximate surface area is 242 Å². The van der Waals surface area contributed by atoms with Gasteiger partial charge in [0.2, 0.25) is 5.91 Å². The van der Waals surface area contributed by atoms with E-state index < -0.39 is 23.5 Å². The lowest BCUT2D eigenvalue weighted by molar-refractivity contribution is -0.137. The fourth-order valence-corrected chi connectivity index (χ4v) is 4.68. The average molecular weight is 583 g/mol. The van der Waals surface area contributed by atoms with Crippen LogP contribution in [0.25, 0.3) is 10.9 Å². The van der Waals surface area contributed by atoms with Gasteiger partial charge in [-0.2, -0.15) is 13.2 Å². The van der Waals surface area contributed by atoms with E-state index >= 15 is 0 Å². The molecule has 222 valence electrons. The number of fused-ring (bicyclic) bond motifs is 1. The Hall–Kier alpha value is -4.51. The molecule has 0 saturated carbocycles. The Balaban J connectivity index is 1.56. The summed E-state index contributed by atoms with van der Waals surface area (Å²) in [7, 11) is 2.98. The lowest BCUT2D eigenvalue weighted by Gasteiger charge is -2.28. The maximum absolute atomic E-state index is 13.8. The highest BCUT2D eigenvalue weighted by molar-refractivity contribution is 5.93. The van der Waals surface area contributed by atoms with Gasteiger partial charge in [-0.3, -0.25) is 4.79 Å². The molecule has 0 unspecified atom stereocenters. The summed E-state index contributed by atoms with van der Waals surface area (Å²) in [4.78, 5) is 33.0. The zero-order valence-electron chi connectivity index (χ0n) is 23.4. The molecule has 1 heterocycles. The number of anilines is 1. The zero-order chi connectivity index (χ0) is 30.1. The highest BCUT2D eigenvalue weighted by Crippen LogP contribution is 2.34. The first kappa shape index (κ1) is 30.4. The number of hydrogen-bond acceptors (Lipinski definition) is 4. The average Bonchev–Trinajstić information content (AvgIpc) is 3.40. The summed E-state index contributed by atoms with van der Waals surface area (Å²) in [5.41, 5.74) is 1.42. The Morgan fingerprint density at radius 2 is 1.60 bits per heavy atom. The standard InChI is InChI=1S/C31H33F3N4O4/c1-41-18-17-38(30(40)36-27-13-7-5-11-25(27)31(32,33)34)21-29(39)37(20-23-9-3-8-14-28(23)42-2)16-15-22-19-35-26-12-6-4-10-24(22)26/h3-14,19,35H,15-18,20-21H2,1-2H3,(H,36,40). The van der Waals surface area contributed by atoms with Crippen LogP contribution in [0.1, 0.15) is 16.7 Å². The van der Waals surface area contributed by atoms with Crippen LogP contribution >= 0.6 is 0 Å². The van der Waals surface area contributed by atoms with Crippen LogP contribution in [0.2, 0.25) is 0 Å². The predicted octanol–water partition coefficient (Wildman–Crippen LogP) is 5.95. The van der Waals surface area contributed by atoms with Crippen molar-refractivity contribution in [3.05, 3.63) is 95.7 Å². The van der Waals surface area contributed by atoms with Crippen molar-refractivity contribution in [3.63, 3.8) is 0 Å². The van der Waals surface area contributed by atoms with Gasteiger partial charge < -0.3 is 29.6 Å². The number of carbonyl (C=O) groups is 2. The van der Waals surface area contributed by atoms with Gasteiger partial charge in [-0.1, -0.05) is 48.5 Å². The molecular formula is C31H33F3N4O4. The number of amides is 3. The predicted molar refractivity (Wildman–Crippen MR) is 154 cm³/mol. The van der Waals surface area contributed by atoms with Crippen LogP contribution in [0.4, 0.5) is 23.7 Å². The Kier molecular flexibility index (Phi) is 10.1. The van der Waals surface area contributed by atoms with E-state index in [1.807, 2.05) is 48.7 Å². The van der Waals surface area contributed by atoms with Crippen LogP contribution < -0.4 is 10.1 Å². The van der Waals surface area contributed by atoms with Gasteiger partial charge in [-0.25, -0.2) is 4.79 Å². The van der Waals surface area contributed by atoms with E-state index in [4.69, 9.17) is 9.47 Å². The number of rotatable bonds is 12. The third-order valence-electron chi connectivity index (χ3n) is 6.89. The molecule has 3 aromatic carbocycles. The van der Waals surface area contributed by atoms with Crippen molar-refractivity contribution in [2.45, 2.75) is 19.1 Å². The molecule has 0 spiro atoms. The number of carbonyl (C=O) groups excluding carboxylic acids is 2. The number of benzene rings is 3. The number of nitrogens with zero attached hydrogens (tertiary/aromatic N) is 2. The summed E-state index contributed by atoms with van der Waals surface area (Å²) in [6.45, 7) is 0.250. The SMILES string of the molecule is COCCN(CC(=O)N(CCc1c[nH]c2ccccc12)Cc1ccccc1OC)C(=O)Nc1ccccc1C(F)(F)F. The zero-order valence-corrected chi connectivity index (χ0v) is 23.4. The van der Waals surface area contributed by atoms with Crippen LogP contribution in [0, 0.1) is 0 Å². The van der Waals surface area contributed by atoms with Crippen molar-refractivity contribution in [1.82, 2.24) is 14.8 Å². The molecule has 0 aliphatic carbocycles. The molecule has 1 aromatic heterocycles. The number of ether oxygens (including phenoxy) is 2. The summed E-state index contributed by atoms with van der Waals surface area (Å²) in [6, 6.07) is 19.0. The number of hydrogen-bond donors (Lipinski definition) is 2. The van der Waals surface area contributed by atoms with Gasteiger partial charge in [-0.05, 0) is 36.2 Å². The van der Waals surface area contributed by atoms with E-state index in [2.05, 4.69) is 10.3 Å². The van der Waals surface area contributed by atoms with Gasteiger partial charge in [0, 0.05) is 49.4 Å². The summed E-state index contributed by atoms with van der Waals surface area (Å²) >= 11 is 0. The first-order valence-corrected chi connectivity index (χ1v) is 13.4. The van der Waals surface area contributed by atoms with E-state index in [0.717, 1.165) is 33.0 Å². The van der Waals surface area contributed by atoms with Crippen LogP contribution in [-0.2, 0) is 28.7 Å². The second-order valence-electron chi connectivity index (χ2n) is 9.62. The van der Waals surface area contributed by atoms with Gasteiger partial charge in [0.05, 0.1) is 25.0 Å².